The summed E-state index contributed by atoms with van der Waals surface area (Å²) in [4.78, 5) is 0. The Morgan fingerprint density at radius 3 is 2.88 bits per heavy atom. The molecule has 1 N–H and O–H groups in total. The van der Waals surface area contributed by atoms with Crippen LogP contribution in [0.5, 0.6) is 0 Å². The van der Waals surface area contributed by atoms with E-state index in [4.69, 9.17) is 9.84 Å². The van der Waals surface area contributed by atoms with Crippen molar-refractivity contribution in [1.82, 2.24) is 0 Å². The SMILES string of the molecule is CCOCC1(O)CO1. The van der Waals surface area contributed by atoms with Gasteiger partial charge >= 0.3 is 0 Å². The second kappa shape index (κ2) is 2.01. The van der Waals surface area contributed by atoms with Gasteiger partial charge in [0.15, 0.2) is 0 Å². The van der Waals surface area contributed by atoms with Crippen molar-refractivity contribution in [2.24, 2.45) is 0 Å². The standard InChI is InChI=1S/C5H10O3/c1-2-7-3-5(6)4-8-5/h6H,2-4H2,1H3. The quantitative estimate of drug-likeness (QED) is 0.519. The van der Waals surface area contributed by atoms with Crippen molar-refractivity contribution in [2.75, 3.05) is 19.8 Å². The molecular weight excluding hydrogens is 108 g/mol. The van der Waals surface area contributed by atoms with Crippen LogP contribution in [0.1, 0.15) is 6.92 Å². The third-order valence-electron chi connectivity index (χ3n) is 1.01. The van der Waals surface area contributed by atoms with Crippen LogP contribution in [-0.2, 0) is 9.47 Å². The van der Waals surface area contributed by atoms with Crippen molar-refractivity contribution >= 4 is 0 Å². The molecule has 0 aromatic carbocycles. The normalized spacial score (nSPS) is 35.2. The van der Waals surface area contributed by atoms with Gasteiger partial charge in [0.05, 0.1) is 0 Å². The molecule has 1 heterocycles. The number of epoxide rings is 1. The molecule has 0 radical (unpaired) electrons. The predicted molar refractivity (Wildman–Crippen MR) is 27.4 cm³/mol. The minimum atomic E-state index is -0.921. The number of ether oxygens (including phenoxy) is 2. The zero-order valence-electron chi connectivity index (χ0n) is 4.89. The van der Waals surface area contributed by atoms with E-state index in [1.165, 1.54) is 0 Å². The number of rotatable bonds is 3. The van der Waals surface area contributed by atoms with Crippen molar-refractivity contribution < 1.29 is 14.6 Å². The molecule has 48 valence electrons. The molecule has 3 heteroatoms. The minimum Gasteiger partial charge on any atom is -0.376 e. The van der Waals surface area contributed by atoms with Gasteiger partial charge < -0.3 is 14.6 Å². The lowest BCUT2D eigenvalue weighted by atomic mass is 10.4. The Morgan fingerprint density at radius 2 is 2.50 bits per heavy atom. The fourth-order valence-electron chi connectivity index (χ4n) is 0.428. The summed E-state index contributed by atoms with van der Waals surface area (Å²) in [6.07, 6.45) is 0. The van der Waals surface area contributed by atoms with E-state index in [1.54, 1.807) is 0 Å². The average molecular weight is 118 g/mol. The predicted octanol–water partition coefficient (Wildman–Crippen LogP) is -0.258. The van der Waals surface area contributed by atoms with Crippen molar-refractivity contribution in [3.63, 3.8) is 0 Å². The molecule has 1 unspecified atom stereocenters. The monoisotopic (exact) mass is 118 g/mol. The number of hydrogen-bond acceptors (Lipinski definition) is 3. The molecule has 0 aliphatic carbocycles. The summed E-state index contributed by atoms with van der Waals surface area (Å²) in [6, 6.07) is 0. The molecule has 0 saturated carbocycles. The molecule has 0 amide bonds. The number of aliphatic hydroxyl groups is 1. The first-order valence-corrected chi connectivity index (χ1v) is 2.71. The topological polar surface area (TPSA) is 42.0 Å². The summed E-state index contributed by atoms with van der Waals surface area (Å²) in [5.74, 6) is -0.921. The first-order chi connectivity index (χ1) is 3.77. The average Bonchev–Trinajstić information content (AvgIpc) is 2.45. The maximum Gasteiger partial charge on any atom is 0.213 e. The van der Waals surface area contributed by atoms with Gasteiger partial charge in [-0.15, -0.1) is 0 Å². The summed E-state index contributed by atoms with van der Waals surface area (Å²) in [5, 5.41) is 8.91. The molecular formula is C5H10O3. The Bertz CT molecular complexity index is 77.7. The summed E-state index contributed by atoms with van der Waals surface area (Å²) in [7, 11) is 0. The van der Waals surface area contributed by atoms with Gasteiger partial charge in [0.2, 0.25) is 5.79 Å². The van der Waals surface area contributed by atoms with Gasteiger partial charge in [0, 0.05) is 6.61 Å². The van der Waals surface area contributed by atoms with Gasteiger partial charge in [-0.25, -0.2) is 0 Å². The highest BCUT2D eigenvalue weighted by Gasteiger charge is 2.42. The third kappa shape index (κ3) is 1.43. The van der Waals surface area contributed by atoms with Crippen molar-refractivity contribution in [3.05, 3.63) is 0 Å². The highest BCUT2D eigenvalue weighted by atomic mass is 16.7. The van der Waals surface area contributed by atoms with E-state index in [0.29, 0.717) is 19.8 Å². The first-order valence-electron chi connectivity index (χ1n) is 2.71. The van der Waals surface area contributed by atoms with E-state index in [-0.39, 0.29) is 0 Å². The molecule has 0 aromatic rings. The molecule has 1 atom stereocenters. The van der Waals surface area contributed by atoms with Gasteiger partial charge in [0.1, 0.15) is 13.2 Å². The lowest BCUT2D eigenvalue weighted by Crippen LogP contribution is -2.17. The van der Waals surface area contributed by atoms with E-state index >= 15 is 0 Å². The Labute approximate surface area is 48.2 Å². The molecule has 1 aliphatic rings. The maximum atomic E-state index is 8.91. The molecule has 1 rings (SSSR count). The summed E-state index contributed by atoms with van der Waals surface area (Å²) >= 11 is 0. The Hall–Kier alpha value is -0.120. The largest absolute Gasteiger partial charge is 0.376 e. The highest BCUT2D eigenvalue weighted by Crippen LogP contribution is 2.22. The molecule has 0 bridgehead atoms. The minimum absolute atomic E-state index is 0.309. The van der Waals surface area contributed by atoms with Gasteiger partial charge in [-0.3, -0.25) is 0 Å². The zero-order valence-corrected chi connectivity index (χ0v) is 4.89. The van der Waals surface area contributed by atoms with E-state index in [2.05, 4.69) is 4.74 Å². The van der Waals surface area contributed by atoms with E-state index in [0.717, 1.165) is 0 Å². The lowest BCUT2D eigenvalue weighted by molar-refractivity contribution is -0.0404. The van der Waals surface area contributed by atoms with Crippen LogP contribution in [0, 0.1) is 0 Å². The Morgan fingerprint density at radius 1 is 1.88 bits per heavy atom. The van der Waals surface area contributed by atoms with Crippen molar-refractivity contribution in [1.29, 1.82) is 0 Å². The first kappa shape index (κ1) is 6.01. The van der Waals surface area contributed by atoms with Gasteiger partial charge in [-0.1, -0.05) is 0 Å². The van der Waals surface area contributed by atoms with Crippen LogP contribution in [0.25, 0.3) is 0 Å². The van der Waals surface area contributed by atoms with Crippen LogP contribution < -0.4 is 0 Å². The maximum absolute atomic E-state index is 8.91. The Balaban J connectivity index is 2.01. The van der Waals surface area contributed by atoms with Gasteiger partial charge in [-0.05, 0) is 6.92 Å². The molecule has 8 heavy (non-hydrogen) atoms. The summed E-state index contributed by atoms with van der Waals surface area (Å²) in [5.41, 5.74) is 0. The van der Waals surface area contributed by atoms with Crippen LogP contribution in [0.4, 0.5) is 0 Å². The van der Waals surface area contributed by atoms with Gasteiger partial charge in [-0.2, -0.15) is 0 Å². The summed E-state index contributed by atoms with van der Waals surface area (Å²) < 4.78 is 9.51. The molecule has 1 saturated heterocycles. The molecule has 0 aromatic heterocycles. The molecule has 1 fully saturated rings. The van der Waals surface area contributed by atoms with Gasteiger partial charge in [0.25, 0.3) is 0 Å². The van der Waals surface area contributed by atoms with Crippen LogP contribution in [0.3, 0.4) is 0 Å². The highest BCUT2D eigenvalue weighted by molar-refractivity contribution is 4.77. The van der Waals surface area contributed by atoms with Crippen molar-refractivity contribution in [2.45, 2.75) is 12.7 Å². The second-order valence-corrected chi connectivity index (χ2v) is 1.87. The summed E-state index contributed by atoms with van der Waals surface area (Å²) in [6.45, 7) is 3.24. The fourth-order valence-corrected chi connectivity index (χ4v) is 0.428. The van der Waals surface area contributed by atoms with Crippen molar-refractivity contribution in [3.8, 4) is 0 Å². The van der Waals surface area contributed by atoms with E-state index in [9.17, 15) is 0 Å². The van der Waals surface area contributed by atoms with E-state index < -0.39 is 5.79 Å². The van der Waals surface area contributed by atoms with Crippen LogP contribution >= 0.6 is 0 Å². The Kier molecular flexibility index (Phi) is 1.51. The molecule has 3 nitrogen and oxygen atoms in total. The fraction of sp³-hybridized carbons (Fsp3) is 1.00. The number of hydrogen-bond donors (Lipinski definition) is 1. The van der Waals surface area contributed by atoms with Crippen LogP contribution in [0.2, 0.25) is 0 Å². The smallest absolute Gasteiger partial charge is 0.213 e. The lowest BCUT2D eigenvalue weighted by Gasteiger charge is -2.01. The second-order valence-electron chi connectivity index (χ2n) is 1.87. The third-order valence-corrected chi connectivity index (χ3v) is 1.01. The van der Waals surface area contributed by atoms with E-state index in [1.807, 2.05) is 6.92 Å². The van der Waals surface area contributed by atoms with Crippen LogP contribution in [-0.4, -0.2) is 30.7 Å². The van der Waals surface area contributed by atoms with Crippen LogP contribution in [0.15, 0.2) is 0 Å². The molecule has 0 spiro atoms. The molecule has 1 aliphatic heterocycles. The zero-order chi connectivity index (χ0) is 6.04.